The molecule has 1 heterocycles. The molecule has 1 aliphatic rings. The zero-order valence-electron chi connectivity index (χ0n) is 15.6. The van der Waals surface area contributed by atoms with Gasteiger partial charge in [-0.1, -0.05) is 23.7 Å². The molecule has 2 aromatic carbocycles. The van der Waals surface area contributed by atoms with Crippen LogP contribution in [0, 0.1) is 0 Å². The second kappa shape index (κ2) is 8.50. The van der Waals surface area contributed by atoms with Crippen LogP contribution >= 0.6 is 23.8 Å². The Bertz CT molecular complexity index is 961. The van der Waals surface area contributed by atoms with Gasteiger partial charge in [-0.25, -0.2) is 0 Å². The van der Waals surface area contributed by atoms with Crippen molar-refractivity contribution in [3.63, 3.8) is 0 Å². The highest BCUT2D eigenvalue weighted by Gasteiger charge is 2.30. The molecule has 2 aromatic rings. The summed E-state index contributed by atoms with van der Waals surface area (Å²) >= 11 is 11.4. The van der Waals surface area contributed by atoms with Gasteiger partial charge in [-0.3, -0.25) is 4.79 Å². The third-order valence-corrected chi connectivity index (χ3v) is 4.81. The minimum Gasteiger partial charge on any atom is -0.497 e. The van der Waals surface area contributed by atoms with Gasteiger partial charge in [-0.2, -0.15) is 0 Å². The highest BCUT2D eigenvalue weighted by Crippen LogP contribution is 2.32. The Labute approximate surface area is 173 Å². The van der Waals surface area contributed by atoms with E-state index in [-0.39, 0.29) is 5.91 Å². The summed E-state index contributed by atoms with van der Waals surface area (Å²) in [6.07, 6.45) is 0. The van der Waals surface area contributed by atoms with E-state index in [0.717, 1.165) is 5.56 Å². The normalized spacial score (nSPS) is 16.1. The Morgan fingerprint density at radius 3 is 2.64 bits per heavy atom. The SMILES string of the molecule is COc1ccc(OC)c(NC(=O)C2=C(C)NC(=S)N[C@H]2c2cccc(Cl)c2)c1. The van der Waals surface area contributed by atoms with Gasteiger partial charge in [-0.15, -0.1) is 0 Å². The molecule has 6 nitrogen and oxygen atoms in total. The molecular weight excluding hydrogens is 398 g/mol. The lowest BCUT2D eigenvalue weighted by Crippen LogP contribution is -2.45. The molecular formula is C20H20ClN3O3S. The summed E-state index contributed by atoms with van der Waals surface area (Å²) in [7, 11) is 3.10. The lowest BCUT2D eigenvalue weighted by molar-refractivity contribution is -0.113. The fraction of sp³-hybridized carbons (Fsp3) is 0.200. The number of hydrogen-bond donors (Lipinski definition) is 3. The van der Waals surface area contributed by atoms with Crippen molar-refractivity contribution in [2.24, 2.45) is 0 Å². The number of rotatable bonds is 5. The van der Waals surface area contributed by atoms with Crippen molar-refractivity contribution in [1.29, 1.82) is 0 Å². The van der Waals surface area contributed by atoms with Gasteiger partial charge < -0.3 is 25.4 Å². The summed E-state index contributed by atoms with van der Waals surface area (Å²) in [5, 5.41) is 10.1. The molecule has 0 saturated heterocycles. The van der Waals surface area contributed by atoms with Gasteiger partial charge in [0.25, 0.3) is 5.91 Å². The molecule has 0 radical (unpaired) electrons. The van der Waals surface area contributed by atoms with E-state index in [4.69, 9.17) is 33.3 Å². The second-order valence-corrected chi connectivity index (χ2v) is 6.99. The van der Waals surface area contributed by atoms with Crippen LogP contribution in [-0.2, 0) is 4.79 Å². The minimum atomic E-state index is -0.441. The number of halogens is 1. The average Bonchev–Trinajstić information content (AvgIpc) is 2.67. The summed E-state index contributed by atoms with van der Waals surface area (Å²) in [6, 6.07) is 12.1. The molecule has 1 atom stereocenters. The number of hydrogen-bond acceptors (Lipinski definition) is 4. The summed E-state index contributed by atoms with van der Waals surface area (Å²) in [5.41, 5.74) is 2.50. The maximum absolute atomic E-state index is 13.2. The maximum atomic E-state index is 13.2. The predicted molar refractivity (Wildman–Crippen MR) is 114 cm³/mol. The number of benzene rings is 2. The van der Waals surface area contributed by atoms with E-state index in [1.54, 1.807) is 44.6 Å². The highest BCUT2D eigenvalue weighted by molar-refractivity contribution is 7.80. The van der Waals surface area contributed by atoms with Gasteiger partial charge in [0, 0.05) is 16.8 Å². The van der Waals surface area contributed by atoms with E-state index in [9.17, 15) is 4.79 Å². The van der Waals surface area contributed by atoms with E-state index in [1.807, 2.05) is 19.1 Å². The Hall–Kier alpha value is -2.77. The number of thiocarbonyl (C=S) groups is 1. The topological polar surface area (TPSA) is 71.6 Å². The van der Waals surface area contributed by atoms with Crippen LogP contribution in [0.2, 0.25) is 5.02 Å². The van der Waals surface area contributed by atoms with Crippen LogP contribution in [0.3, 0.4) is 0 Å². The minimum absolute atomic E-state index is 0.295. The average molecular weight is 418 g/mol. The molecule has 146 valence electrons. The van der Waals surface area contributed by atoms with Crippen LogP contribution in [0.15, 0.2) is 53.7 Å². The summed E-state index contributed by atoms with van der Waals surface area (Å²) < 4.78 is 10.6. The van der Waals surface area contributed by atoms with E-state index < -0.39 is 6.04 Å². The number of nitrogens with one attached hydrogen (secondary N) is 3. The van der Waals surface area contributed by atoms with Gasteiger partial charge in [-0.05, 0) is 49.0 Å². The third-order valence-electron chi connectivity index (χ3n) is 4.35. The molecule has 0 spiro atoms. The summed E-state index contributed by atoms with van der Waals surface area (Å²) in [6.45, 7) is 1.81. The van der Waals surface area contributed by atoms with E-state index in [0.29, 0.717) is 38.6 Å². The van der Waals surface area contributed by atoms with Crippen molar-refractivity contribution in [1.82, 2.24) is 10.6 Å². The zero-order chi connectivity index (χ0) is 20.3. The molecule has 0 aromatic heterocycles. The first-order chi connectivity index (χ1) is 13.4. The summed E-state index contributed by atoms with van der Waals surface area (Å²) in [4.78, 5) is 13.2. The number of carbonyl (C=O) groups is 1. The Morgan fingerprint density at radius 2 is 1.96 bits per heavy atom. The Balaban J connectivity index is 1.98. The molecule has 3 rings (SSSR count). The van der Waals surface area contributed by atoms with Crippen LogP contribution in [-0.4, -0.2) is 25.2 Å². The standard InChI is InChI=1S/C20H20ClN3O3S/c1-11-17(18(24-20(28)22-11)12-5-4-6-13(21)9-12)19(25)23-15-10-14(26-2)7-8-16(15)27-3/h4-10,18H,1-3H3,(H,23,25)(H2,22,24,28)/t18-/m0/s1. The second-order valence-electron chi connectivity index (χ2n) is 6.15. The fourth-order valence-corrected chi connectivity index (χ4v) is 3.50. The molecule has 0 saturated carbocycles. The first-order valence-electron chi connectivity index (χ1n) is 8.50. The van der Waals surface area contributed by atoms with E-state index in [1.165, 1.54) is 0 Å². The molecule has 28 heavy (non-hydrogen) atoms. The van der Waals surface area contributed by atoms with Crippen LogP contribution in [0.25, 0.3) is 0 Å². The molecule has 0 bridgehead atoms. The number of allylic oxidation sites excluding steroid dienone is 1. The molecule has 1 aliphatic heterocycles. The molecule has 3 N–H and O–H groups in total. The first kappa shape index (κ1) is 20.0. The van der Waals surface area contributed by atoms with Crippen LogP contribution in [0.1, 0.15) is 18.5 Å². The van der Waals surface area contributed by atoms with Crippen molar-refractivity contribution in [2.45, 2.75) is 13.0 Å². The fourth-order valence-electron chi connectivity index (χ4n) is 3.03. The van der Waals surface area contributed by atoms with Gasteiger partial charge in [0.2, 0.25) is 0 Å². The Kier molecular flexibility index (Phi) is 6.06. The van der Waals surface area contributed by atoms with Gasteiger partial charge in [0.1, 0.15) is 11.5 Å². The molecule has 0 aliphatic carbocycles. The predicted octanol–water partition coefficient (Wildman–Crippen LogP) is 3.79. The van der Waals surface area contributed by atoms with Crippen LogP contribution in [0.5, 0.6) is 11.5 Å². The summed E-state index contributed by atoms with van der Waals surface area (Å²) in [5.74, 6) is 0.838. The molecule has 8 heteroatoms. The van der Waals surface area contributed by atoms with E-state index in [2.05, 4.69) is 16.0 Å². The van der Waals surface area contributed by atoms with Crippen molar-refractivity contribution < 1.29 is 14.3 Å². The lowest BCUT2D eigenvalue weighted by Gasteiger charge is -2.30. The highest BCUT2D eigenvalue weighted by atomic mass is 35.5. The number of methoxy groups -OCH3 is 2. The van der Waals surface area contributed by atoms with Crippen LogP contribution in [0.4, 0.5) is 5.69 Å². The van der Waals surface area contributed by atoms with E-state index >= 15 is 0 Å². The number of carbonyl (C=O) groups excluding carboxylic acids is 1. The molecule has 0 fully saturated rings. The first-order valence-corrected chi connectivity index (χ1v) is 9.28. The van der Waals surface area contributed by atoms with Gasteiger partial charge >= 0.3 is 0 Å². The largest absolute Gasteiger partial charge is 0.497 e. The smallest absolute Gasteiger partial charge is 0.255 e. The zero-order valence-corrected chi connectivity index (χ0v) is 17.2. The van der Waals surface area contributed by atoms with Crippen molar-refractivity contribution in [3.8, 4) is 11.5 Å². The van der Waals surface area contributed by atoms with Crippen LogP contribution < -0.4 is 25.4 Å². The maximum Gasteiger partial charge on any atom is 0.255 e. The third kappa shape index (κ3) is 4.21. The molecule has 0 unspecified atom stereocenters. The molecule has 1 amide bonds. The monoisotopic (exact) mass is 417 g/mol. The number of ether oxygens (including phenoxy) is 2. The number of anilines is 1. The van der Waals surface area contributed by atoms with Gasteiger partial charge in [0.15, 0.2) is 5.11 Å². The van der Waals surface area contributed by atoms with Gasteiger partial charge in [0.05, 0.1) is 31.5 Å². The quantitative estimate of drug-likeness (QED) is 0.643. The van der Waals surface area contributed by atoms with Crippen molar-refractivity contribution in [2.75, 3.05) is 19.5 Å². The lowest BCUT2D eigenvalue weighted by atomic mass is 9.95. The number of amides is 1. The Morgan fingerprint density at radius 1 is 1.18 bits per heavy atom. The van der Waals surface area contributed by atoms with Crippen molar-refractivity contribution >= 4 is 40.5 Å². The van der Waals surface area contributed by atoms with Crippen molar-refractivity contribution in [3.05, 3.63) is 64.3 Å².